The van der Waals surface area contributed by atoms with Crippen LogP contribution in [0.4, 0.5) is 11.8 Å². The van der Waals surface area contributed by atoms with Crippen molar-refractivity contribution in [1.29, 1.82) is 0 Å². The molecular formula is C11H17BrN4. The third-order valence-electron chi connectivity index (χ3n) is 3.19. The second-order valence-electron chi connectivity index (χ2n) is 4.26. The third-order valence-corrected chi connectivity index (χ3v) is 3.77. The lowest BCUT2D eigenvalue weighted by atomic mass is 9.80. The summed E-state index contributed by atoms with van der Waals surface area (Å²) in [6.45, 7) is 2.22. The Balaban J connectivity index is 2.06. The zero-order valence-corrected chi connectivity index (χ0v) is 11.2. The molecule has 0 aliphatic heterocycles. The first-order valence-electron chi connectivity index (χ1n) is 5.67. The average molecular weight is 285 g/mol. The minimum Gasteiger partial charge on any atom is -0.366 e. The molecule has 1 heterocycles. The van der Waals surface area contributed by atoms with Gasteiger partial charge in [0.05, 0.1) is 4.47 Å². The van der Waals surface area contributed by atoms with Crippen LogP contribution in [0.1, 0.15) is 26.2 Å². The van der Waals surface area contributed by atoms with Gasteiger partial charge < -0.3 is 10.6 Å². The summed E-state index contributed by atoms with van der Waals surface area (Å²) in [6, 6.07) is 0.477. The molecule has 0 amide bonds. The molecule has 16 heavy (non-hydrogen) atoms. The highest BCUT2D eigenvalue weighted by Crippen LogP contribution is 2.32. The highest BCUT2D eigenvalue weighted by atomic mass is 79.9. The van der Waals surface area contributed by atoms with Gasteiger partial charge >= 0.3 is 0 Å². The summed E-state index contributed by atoms with van der Waals surface area (Å²) in [6.07, 6.45) is 5.80. The Kier molecular flexibility index (Phi) is 3.63. The van der Waals surface area contributed by atoms with Gasteiger partial charge in [-0.3, -0.25) is 0 Å². The fourth-order valence-electron chi connectivity index (χ4n) is 1.86. The van der Waals surface area contributed by atoms with Crippen molar-refractivity contribution in [3.63, 3.8) is 0 Å². The molecule has 4 nitrogen and oxygen atoms in total. The molecular weight excluding hydrogens is 268 g/mol. The van der Waals surface area contributed by atoms with E-state index in [0.717, 1.165) is 16.2 Å². The summed E-state index contributed by atoms with van der Waals surface area (Å²) >= 11 is 3.46. The van der Waals surface area contributed by atoms with Crippen molar-refractivity contribution in [3.05, 3.63) is 10.7 Å². The Hall–Kier alpha value is -0.840. The van der Waals surface area contributed by atoms with E-state index in [1.165, 1.54) is 19.3 Å². The smallest absolute Gasteiger partial charge is 0.224 e. The van der Waals surface area contributed by atoms with Crippen LogP contribution in [-0.4, -0.2) is 23.1 Å². The fraction of sp³-hybridized carbons (Fsp3) is 0.636. The van der Waals surface area contributed by atoms with Crippen LogP contribution >= 0.6 is 15.9 Å². The van der Waals surface area contributed by atoms with Crippen LogP contribution in [0.15, 0.2) is 10.7 Å². The van der Waals surface area contributed by atoms with Crippen LogP contribution in [0, 0.1) is 5.92 Å². The molecule has 1 aromatic heterocycles. The largest absolute Gasteiger partial charge is 0.366 e. The standard InChI is InChI=1S/C11H17BrN4/c1-7(8-4-3-5-8)15-10-9(12)6-14-11(13-2)16-10/h6-8H,3-5H2,1-2H3,(H2,13,14,15,16). The average Bonchev–Trinajstić information content (AvgIpc) is 2.18. The number of nitrogens with zero attached hydrogens (tertiary/aromatic N) is 2. The predicted molar refractivity (Wildman–Crippen MR) is 69.7 cm³/mol. The molecule has 1 aromatic rings. The molecule has 0 bridgehead atoms. The SMILES string of the molecule is CNc1ncc(Br)c(NC(C)C2CCC2)n1. The zero-order chi connectivity index (χ0) is 11.5. The molecule has 2 N–H and O–H groups in total. The van der Waals surface area contributed by atoms with E-state index in [9.17, 15) is 0 Å². The second-order valence-corrected chi connectivity index (χ2v) is 5.12. The van der Waals surface area contributed by atoms with Gasteiger partial charge in [0.25, 0.3) is 0 Å². The summed E-state index contributed by atoms with van der Waals surface area (Å²) in [7, 11) is 1.82. The molecule has 0 spiro atoms. The van der Waals surface area contributed by atoms with Gasteiger partial charge in [-0.15, -0.1) is 0 Å². The van der Waals surface area contributed by atoms with Crippen molar-refractivity contribution in [2.75, 3.05) is 17.7 Å². The molecule has 0 aromatic carbocycles. The second kappa shape index (κ2) is 4.99. The fourth-order valence-corrected chi connectivity index (χ4v) is 2.17. The maximum Gasteiger partial charge on any atom is 0.224 e. The number of nitrogens with one attached hydrogen (secondary N) is 2. The first-order chi connectivity index (χ1) is 7.70. The number of hydrogen-bond donors (Lipinski definition) is 2. The molecule has 0 radical (unpaired) electrons. The van der Waals surface area contributed by atoms with Gasteiger partial charge in [-0.05, 0) is 41.6 Å². The molecule has 1 aliphatic carbocycles. The van der Waals surface area contributed by atoms with Gasteiger partial charge in [-0.25, -0.2) is 4.98 Å². The maximum absolute atomic E-state index is 4.39. The van der Waals surface area contributed by atoms with Crippen molar-refractivity contribution in [2.45, 2.75) is 32.2 Å². The third kappa shape index (κ3) is 2.45. The zero-order valence-electron chi connectivity index (χ0n) is 9.63. The van der Waals surface area contributed by atoms with Gasteiger partial charge in [0.15, 0.2) is 0 Å². The topological polar surface area (TPSA) is 49.8 Å². The maximum atomic E-state index is 4.39. The van der Waals surface area contributed by atoms with Gasteiger partial charge in [0.1, 0.15) is 5.82 Å². The van der Waals surface area contributed by atoms with Gasteiger partial charge in [-0.2, -0.15) is 4.98 Å². The number of hydrogen-bond acceptors (Lipinski definition) is 4. The lowest BCUT2D eigenvalue weighted by Gasteiger charge is -2.32. The number of anilines is 2. The van der Waals surface area contributed by atoms with Crippen LogP contribution in [0.2, 0.25) is 0 Å². The molecule has 1 atom stereocenters. The van der Waals surface area contributed by atoms with Crippen molar-refractivity contribution in [3.8, 4) is 0 Å². The Bertz CT molecular complexity index is 365. The van der Waals surface area contributed by atoms with E-state index in [4.69, 9.17) is 0 Å². The molecule has 5 heteroatoms. The molecule has 2 rings (SSSR count). The van der Waals surface area contributed by atoms with E-state index in [2.05, 4.69) is 43.5 Å². The highest BCUT2D eigenvalue weighted by molar-refractivity contribution is 9.10. The predicted octanol–water partition coefficient (Wildman–Crippen LogP) is 2.88. The Morgan fingerprint density at radius 2 is 2.25 bits per heavy atom. The van der Waals surface area contributed by atoms with E-state index in [-0.39, 0.29) is 0 Å². The Morgan fingerprint density at radius 1 is 1.50 bits per heavy atom. The van der Waals surface area contributed by atoms with E-state index >= 15 is 0 Å². The van der Waals surface area contributed by atoms with E-state index in [1.807, 2.05) is 7.05 Å². The van der Waals surface area contributed by atoms with Crippen molar-refractivity contribution < 1.29 is 0 Å². The summed E-state index contributed by atoms with van der Waals surface area (Å²) in [5, 5.41) is 6.39. The Labute approximate surface area is 104 Å². The minimum atomic E-state index is 0.477. The highest BCUT2D eigenvalue weighted by Gasteiger charge is 2.24. The summed E-state index contributed by atoms with van der Waals surface area (Å²) in [4.78, 5) is 8.53. The molecule has 1 fully saturated rings. The van der Waals surface area contributed by atoms with Crippen molar-refractivity contribution >= 4 is 27.7 Å². The number of aromatic nitrogens is 2. The lowest BCUT2D eigenvalue weighted by Crippen LogP contribution is -2.31. The van der Waals surface area contributed by atoms with Crippen LogP contribution in [-0.2, 0) is 0 Å². The molecule has 1 saturated carbocycles. The Morgan fingerprint density at radius 3 is 2.81 bits per heavy atom. The first-order valence-corrected chi connectivity index (χ1v) is 6.47. The quantitative estimate of drug-likeness (QED) is 0.893. The van der Waals surface area contributed by atoms with Gasteiger partial charge in [-0.1, -0.05) is 6.42 Å². The summed E-state index contributed by atoms with van der Waals surface area (Å²) in [5.74, 6) is 2.31. The minimum absolute atomic E-state index is 0.477. The van der Waals surface area contributed by atoms with Crippen LogP contribution in [0.25, 0.3) is 0 Å². The van der Waals surface area contributed by atoms with Crippen LogP contribution in [0.3, 0.4) is 0 Å². The van der Waals surface area contributed by atoms with E-state index in [0.29, 0.717) is 12.0 Å². The first kappa shape index (κ1) is 11.6. The van der Waals surface area contributed by atoms with Crippen molar-refractivity contribution in [1.82, 2.24) is 9.97 Å². The van der Waals surface area contributed by atoms with Crippen LogP contribution < -0.4 is 10.6 Å². The monoisotopic (exact) mass is 284 g/mol. The molecule has 1 unspecified atom stereocenters. The van der Waals surface area contributed by atoms with Gasteiger partial charge in [0.2, 0.25) is 5.95 Å². The van der Waals surface area contributed by atoms with Gasteiger partial charge in [0, 0.05) is 19.3 Å². The number of rotatable bonds is 4. The summed E-state index contributed by atoms with van der Waals surface area (Å²) < 4.78 is 0.915. The van der Waals surface area contributed by atoms with E-state index in [1.54, 1.807) is 6.20 Å². The summed E-state index contributed by atoms with van der Waals surface area (Å²) in [5.41, 5.74) is 0. The lowest BCUT2D eigenvalue weighted by molar-refractivity contribution is 0.285. The van der Waals surface area contributed by atoms with Crippen LogP contribution in [0.5, 0.6) is 0 Å². The molecule has 88 valence electrons. The van der Waals surface area contributed by atoms with E-state index < -0.39 is 0 Å². The number of halogens is 1. The molecule has 0 saturated heterocycles. The molecule has 1 aliphatic rings. The normalized spacial score (nSPS) is 17.7. The van der Waals surface area contributed by atoms with Crippen molar-refractivity contribution in [2.24, 2.45) is 5.92 Å².